The lowest BCUT2D eigenvalue weighted by Gasteiger charge is -2.27. The highest BCUT2D eigenvalue weighted by molar-refractivity contribution is 7.90. The van der Waals surface area contributed by atoms with Crippen molar-refractivity contribution in [2.45, 2.75) is 42.9 Å². The number of pyridine rings is 1. The first kappa shape index (κ1) is 17.5. The third kappa shape index (κ3) is 4.34. The Hall–Kier alpha value is -1.83. The maximum Gasteiger partial charge on any atom is 0.152 e. The Kier molecular flexibility index (Phi) is 6.20. The highest BCUT2D eigenvalue weighted by atomic mass is 32.2. The van der Waals surface area contributed by atoms with E-state index in [-0.39, 0.29) is 0 Å². The van der Waals surface area contributed by atoms with Gasteiger partial charge in [0.15, 0.2) is 4.90 Å². The number of rotatable bonds is 7. The molecule has 0 N–H and O–H groups in total. The Bertz CT molecular complexity index is 649. The van der Waals surface area contributed by atoms with Crippen molar-refractivity contribution >= 4 is 11.2 Å². The summed E-state index contributed by atoms with van der Waals surface area (Å²) in [4.78, 5) is 4.95. The maximum absolute atomic E-state index is 11.6. The molecule has 0 radical (unpaired) electrons. The Balaban J connectivity index is 2.37. The fourth-order valence-electron chi connectivity index (χ4n) is 2.79. The van der Waals surface area contributed by atoms with E-state index in [0.717, 1.165) is 35.3 Å². The van der Waals surface area contributed by atoms with Gasteiger partial charge in [0.25, 0.3) is 0 Å². The van der Waals surface area contributed by atoms with Gasteiger partial charge in [-0.1, -0.05) is 38.0 Å². The second-order valence-corrected chi connectivity index (χ2v) is 7.19. The highest BCUT2D eigenvalue weighted by Gasteiger charge is 2.32. The first-order valence-electron chi connectivity index (χ1n) is 7.85. The zero-order chi connectivity index (χ0) is 16.7. The maximum atomic E-state index is 11.6. The second-order valence-electron chi connectivity index (χ2n) is 5.81. The molecule has 3 nitrogen and oxygen atoms in total. The summed E-state index contributed by atoms with van der Waals surface area (Å²) in [5.74, 6) is 0. The van der Waals surface area contributed by atoms with Gasteiger partial charge < -0.3 is 4.55 Å². The van der Waals surface area contributed by atoms with Crippen LogP contribution in [-0.4, -0.2) is 15.8 Å². The molecule has 1 aromatic heterocycles. The summed E-state index contributed by atoms with van der Waals surface area (Å²) in [6.45, 7) is 2.13. The Morgan fingerprint density at radius 3 is 2.52 bits per heavy atom. The van der Waals surface area contributed by atoms with Crippen LogP contribution in [0.2, 0.25) is 0 Å². The summed E-state index contributed by atoms with van der Waals surface area (Å²) in [6, 6.07) is 14.1. The predicted octanol–water partition coefficient (Wildman–Crippen LogP) is 4.01. The van der Waals surface area contributed by atoms with Crippen molar-refractivity contribution < 1.29 is 4.55 Å². The van der Waals surface area contributed by atoms with Gasteiger partial charge in [0.2, 0.25) is 0 Å². The van der Waals surface area contributed by atoms with Crippen molar-refractivity contribution in [3.63, 3.8) is 0 Å². The van der Waals surface area contributed by atoms with Gasteiger partial charge in [-0.3, -0.25) is 4.98 Å². The molecule has 1 heterocycles. The van der Waals surface area contributed by atoms with Crippen molar-refractivity contribution in [1.82, 2.24) is 4.98 Å². The lowest BCUT2D eigenvalue weighted by molar-refractivity contribution is 0.475. The quantitative estimate of drug-likeness (QED) is 0.722. The van der Waals surface area contributed by atoms with Crippen LogP contribution >= 0.6 is 0 Å². The number of benzene rings is 1. The predicted molar refractivity (Wildman–Crippen MR) is 93.5 cm³/mol. The molecule has 23 heavy (non-hydrogen) atoms. The lowest BCUT2D eigenvalue weighted by atomic mass is 9.73. The lowest BCUT2D eigenvalue weighted by Crippen LogP contribution is -2.27. The van der Waals surface area contributed by atoms with Crippen molar-refractivity contribution in [3.8, 4) is 6.07 Å². The SMILES string of the molecule is CCCCC(C#N)(Cc1cccnc1)c1ccc([S+](C)[O-])cc1. The van der Waals surface area contributed by atoms with Crippen molar-refractivity contribution in [2.75, 3.05) is 6.26 Å². The van der Waals surface area contributed by atoms with E-state index in [2.05, 4.69) is 18.0 Å². The first-order valence-corrected chi connectivity index (χ1v) is 9.41. The molecule has 0 saturated carbocycles. The van der Waals surface area contributed by atoms with Gasteiger partial charge >= 0.3 is 0 Å². The fourth-order valence-corrected chi connectivity index (χ4v) is 3.31. The molecule has 0 bridgehead atoms. The van der Waals surface area contributed by atoms with Crippen LogP contribution in [0, 0.1) is 11.3 Å². The van der Waals surface area contributed by atoms with E-state index in [1.54, 1.807) is 12.5 Å². The molecule has 0 fully saturated rings. The van der Waals surface area contributed by atoms with Gasteiger partial charge in [0.05, 0.1) is 11.5 Å². The van der Waals surface area contributed by atoms with Crippen LogP contribution in [0.4, 0.5) is 0 Å². The fraction of sp³-hybridized carbons (Fsp3) is 0.368. The van der Waals surface area contributed by atoms with Crippen LogP contribution in [0.1, 0.15) is 37.3 Å². The average molecular weight is 326 g/mol. The largest absolute Gasteiger partial charge is 0.612 e. The first-order chi connectivity index (χ1) is 11.1. The molecular weight excluding hydrogens is 304 g/mol. The zero-order valence-corrected chi connectivity index (χ0v) is 14.5. The minimum Gasteiger partial charge on any atom is -0.612 e. The van der Waals surface area contributed by atoms with E-state index in [1.807, 2.05) is 42.6 Å². The van der Waals surface area contributed by atoms with E-state index >= 15 is 0 Å². The number of hydrogen-bond donors (Lipinski definition) is 0. The highest BCUT2D eigenvalue weighted by Crippen LogP contribution is 2.34. The van der Waals surface area contributed by atoms with Gasteiger partial charge in [-0.05, 0) is 53.3 Å². The second kappa shape index (κ2) is 8.14. The summed E-state index contributed by atoms with van der Waals surface area (Å²) < 4.78 is 11.6. The minimum absolute atomic E-state index is 0.563. The molecule has 2 aromatic rings. The number of nitriles is 1. The molecule has 0 aliphatic rings. The van der Waals surface area contributed by atoms with Crippen molar-refractivity contribution in [3.05, 3.63) is 59.9 Å². The molecule has 4 heteroatoms. The summed E-state index contributed by atoms with van der Waals surface area (Å²) in [5.41, 5.74) is 1.49. The summed E-state index contributed by atoms with van der Waals surface area (Å²) in [6.07, 6.45) is 8.74. The Morgan fingerprint density at radius 2 is 2.00 bits per heavy atom. The monoisotopic (exact) mass is 326 g/mol. The molecule has 2 atom stereocenters. The third-order valence-corrected chi connectivity index (χ3v) is 5.07. The standard InChI is InChI=1S/C19H22N2OS/c1-3-4-11-19(15-20,13-16-6-5-12-21-14-16)17-7-9-18(10-8-17)23(2)22/h5-10,12,14H,3-4,11,13H2,1-2H3. The molecule has 0 aliphatic carbocycles. The Morgan fingerprint density at radius 1 is 1.26 bits per heavy atom. The van der Waals surface area contributed by atoms with E-state index in [0.29, 0.717) is 6.42 Å². The smallest absolute Gasteiger partial charge is 0.152 e. The molecule has 0 aliphatic heterocycles. The van der Waals surface area contributed by atoms with Crippen LogP contribution in [-0.2, 0) is 23.0 Å². The van der Waals surface area contributed by atoms with E-state index in [9.17, 15) is 9.81 Å². The van der Waals surface area contributed by atoms with Gasteiger partial charge in [0, 0.05) is 12.4 Å². The average Bonchev–Trinajstić information content (AvgIpc) is 2.59. The zero-order valence-electron chi connectivity index (χ0n) is 13.7. The van der Waals surface area contributed by atoms with Crippen LogP contribution in [0.15, 0.2) is 53.7 Å². The summed E-state index contributed by atoms with van der Waals surface area (Å²) in [7, 11) is 0. The van der Waals surface area contributed by atoms with E-state index < -0.39 is 16.6 Å². The molecule has 2 unspecified atom stereocenters. The summed E-state index contributed by atoms with van der Waals surface area (Å²) in [5, 5.41) is 9.97. The molecule has 0 amide bonds. The van der Waals surface area contributed by atoms with Gasteiger partial charge in [-0.2, -0.15) is 5.26 Å². The van der Waals surface area contributed by atoms with E-state index in [4.69, 9.17) is 0 Å². The normalized spacial score (nSPS) is 14.7. The van der Waals surface area contributed by atoms with Crippen LogP contribution < -0.4 is 0 Å². The van der Waals surface area contributed by atoms with Crippen LogP contribution in [0.3, 0.4) is 0 Å². The molecular formula is C19H22N2OS. The van der Waals surface area contributed by atoms with Gasteiger partial charge in [-0.25, -0.2) is 0 Å². The topological polar surface area (TPSA) is 59.7 Å². The summed E-state index contributed by atoms with van der Waals surface area (Å²) >= 11 is -1.00. The molecule has 0 saturated heterocycles. The number of hydrogen-bond acceptors (Lipinski definition) is 3. The van der Waals surface area contributed by atoms with Gasteiger partial charge in [0.1, 0.15) is 6.26 Å². The molecule has 1 aromatic carbocycles. The van der Waals surface area contributed by atoms with Crippen molar-refractivity contribution in [1.29, 1.82) is 5.26 Å². The number of aromatic nitrogens is 1. The molecule has 0 spiro atoms. The van der Waals surface area contributed by atoms with Crippen LogP contribution in [0.25, 0.3) is 0 Å². The Labute approximate surface area is 141 Å². The molecule has 120 valence electrons. The van der Waals surface area contributed by atoms with Crippen molar-refractivity contribution in [2.24, 2.45) is 0 Å². The number of unbranched alkanes of at least 4 members (excludes halogenated alkanes) is 1. The van der Waals surface area contributed by atoms with Crippen LogP contribution in [0.5, 0.6) is 0 Å². The number of nitrogens with zero attached hydrogens (tertiary/aromatic N) is 2. The third-order valence-electron chi connectivity index (χ3n) is 4.14. The minimum atomic E-state index is -1.00. The molecule has 2 rings (SSSR count). The van der Waals surface area contributed by atoms with Gasteiger partial charge in [-0.15, -0.1) is 0 Å². The van der Waals surface area contributed by atoms with E-state index in [1.165, 1.54) is 0 Å².